The number of amides is 1. The third-order valence-electron chi connectivity index (χ3n) is 3.92. The summed E-state index contributed by atoms with van der Waals surface area (Å²) in [7, 11) is 0. The average Bonchev–Trinajstić information content (AvgIpc) is 3.07. The van der Waals surface area contributed by atoms with Gasteiger partial charge in [0.2, 0.25) is 12.7 Å². The number of benzene rings is 2. The number of carbonyl (C=O) groups excluding carboxylic acids is 1. The molecule has 0 fully saturated rings. The maximum absolute atomic E-state index is 12.0. The first kappa shape index (κ1) is 16.1. The van der Waals surface area contributed by atoms with Crippen molar-refractivity contribution in [3.8, 4) is 11.5 Å². The summed E-state index contributed by atoms with van der Waals surface area (Å²) in [5.41, 5.74) is 2.20. The van der Waals surface area contributed by atoms with Crippen molar-refractivity contribution < 1.29 is 14.3 Å². The minimum Gasteiger partial charge on any atom is -0.454 e. The Balaban J connectivity index is 1.48. The summed E-state index contributed by atoms with van der Waals surface area (Å²) in [4.78, 5) is 12.0. The Morgan fingerprint density at radius 1 is 1.17 bits per heavy atom. The van der Waals surface area contributed by atoms with E-state index < -0.39 is 0 Å². The van der Waals surface area contributed by atoms with E-state index in [1.807, 2.05) is 43.3 Å². The molecule has 124 valence electrons. The van der Waals surface area contributed by atoms with Crippen LogP contribution in [0.25, 0.3) is 6.08 Å². The van der Waals surface area contributed by atoms with Crippen LogP contribution in [0.4, 0.5) is 0 Å². The first-order valence-electron chi connectivity index (χ1n) is 8.13. The van der Waals surface area contributed by atoms with Crippen LogP contribution in [0.1, 0.15) is 24.5 Å². The van der Waals surface area contributed by atoms with E-state index in [-0.39, 0.29) is 18.7 Å². The highest BCUT2D eigenvalue weighted by atomic mass is 16.7. The lowest BCUT2D eigenvalue weighted by molar-refractivity contribution is -0.117. The summed E-state index contributed by atoms with van der Waals surface area (Å²) >= 11 is 0. The third-order valence-corrected chi connectivity index (χ3v) is 3.92. The van der Waals surface area contributed by atoms with E-state index in [2.05, 4.69) is 17.4 Å². The summed E-state index contributed by atoms with van der Waals surface area (Å²) < 4.78 is 10.6. The van der Waals surface area contributed by atoms with Gasteiger partial charge < -0.3 is 14.8 Å². The van der Waals surface area contributed by atoms with Gasteiger partial charge in [-0.1, -0.05) is 36.4 Å². The maximum atomic E-state index is 12.0. The highest BCUT2D eigenvalue weighted by Gasteiger charge is 2.12. The molecule has 2 aromatic carbocycles. The molecule has 1 aliphatic rings. The van der Waals surface area contributed by atoms with Gasteiger partial charge in [-0.25, -0.2) is 0 Å². The first-order valence-corrected chi connectivity index (χ1v) is 8.13. The van der Waals surface area contributed by atoms with Crippen LogP contribution in [-0.4, -0.2) is 18.7 Å². The topological polar surface area (TPSA) is 47.6 Å². The summed E-state index contributed by atoms with van der Waals surface area (Å²) in [6.07, 6.45) is 5.19. The van der Waals surface area contributed by atoms with Crippen molar-refractivity contribution in [2.24, 2.45) is 0 Å². The molecule has 1 heterocycles. The number of fused-ring (bicyclic) bond motifs is 1. The second kappa shape index (κ2) is 7.68. The van der Waals surface area contributed by atoms with E-state index in [9.17, 15) is 4.79 Å². The van der Waals surface area contributed by atoms with Crippen molar-refractivity contribution >= 4 is 12.0 Å². The monoisotopic (exact) mass is 323 g/mol. The molecule has 0 saturated heterocycles. The van der Waals surface area contributed by atoms with E-state index >= 15 is 0 Å². The molecule has 1 amide bonds. The number of hydrogen-bond acceptors (Lipinski definition) is 3. The zero-order valence-corrected chi connectivity index (χ0v) is 13.7. The Morgan fingerprint density at radius 2 is 1.96 bits per heavy atom. The molecule has 4 heteroatoms. The van der Waals surface area contributed by atoms with Crippen LogP contribution in [-0.2, 0) is 11.2 Å². The smallest absolute Gasteiger partial charge is 0.244 e. The van der Waals surface area contributed by atoms with Gasteiger partial charge in [0.25, 0.3) is 0 Å². The maximum Gasteiger partial charge on any atom is 0.244 e. The highest BCUT2D eigenvalue weighted by molar-refractivity contribution is 5.92. The van der Waals surface area contributed by atoms with Crippen molar-refractivity contribution in [1.82, 2.24) is 5.32 Å². The molecule has 0 radical (unpaired) electrons. The van der Waals surface area contributed by atoms with Crippen LogP contribution in [0.15, 0.2) is 54.6 Å². The molecule has 0 aromatic heterocycles. The Kier molecular flexibility index (Phi) is 5.16. The van der Waals surface area contributed by atoms with Gasteiger partial charge in [-0.05, 0) is 49.1 Å². The molecule has 0 bridgehead atoms. The number of carbonyl (C=O) groups is 1. The van der Waals surface area contributed by atoms with Crippen LogP contribution in [0.3, 0.4) is 0 Å². The average molecular weight is 323 g/mol. The molecule has 3 rings (SSSR count). The molecule has 1 atom stereocenters. The van der Waals surface area contributed by atoms with Gasteiger partial charge in [0.05, 0.1) is 0 Å². The predicted molar refractivity (Wildman–Crippen MR) is 94.0 cm³/mol. The lowest BCUT2D eigenvalue weighted by Crippen LogP contribution is -2.31. The molecular weight excluding hydrogens is 302 g/mol. The minimum atomic E-state index is -0.0896. The van der Waals surface area contributed by atoms with E-state index in [1.165, 1.54) is 5.56 Å². The second-order valence-corrected chi connectivity index (χ2v) is 5.88. The van der Waals surface area contributed by atoms with Crippen LogP contribution in [0.5, 0.6) is 11.5 Å². The lowest BCUT2D eigenvalue weighted by Gasteiger charge is -2.12. The standard InChI is InChI=1S/C20H21NO3/c1-15(7-8-16-5-3-2-4-6-16)21-20(22)12-10-17-9-11-18-19(13-17)24-14-23-18/h2-6,9-13,15H,7-8,14H2,1H3,(H,21,22)/b12-10+/t15-/m1/s1. The van der Waals surface area contributed by atoms with Gasteiger partial charge >= 0.3 is 0 Å². The molecule has 0 unspecified atom stereocenters. The molecule has 0 saturated carbocycles. The highest BCUT2D eigenvalue weighted by Crippen LogP contribution is 2.32. The fourth-order valence-corrected chi connectivity index (χ4v) is 2.58. The quantitative estimate of drug-likeness (QED) is 0.827. The molecule has 1 N–H and O–H groups in total. The minimum absolute atomic E-state index is 0.0896. The summed E-state index contributed by atoms with van der Waals surface area (Å²) in [5.74, 6) is 1.37. The van der Waals surface area contributed by atoms with Crippen LogP contribution >= 0.6 is 0 Å². The largest absolute Gasteiger partial charge is 0.454 e. The lowest BCUT2D eigenvalue weighted by atomic mass is 10.1. The van der Waals surface area contributed by atoms with E-state index in [4.69, 9.17) is 9.47 Å². The Labute approximate surface area is 142 Å². The summed E-state index contributed by atoms with van der Waals surface area (Å²) in [6, 6.07) is 16.0. The molecule has 1 aliphatic heterocycles. The number of rotatable bonds is 6. The molecule has 2 aromatic rings. The second-order valence-electron chi connectivity index (χ2n) is 5.88. The number of aryl methyl sites for hydroxylation is 1. The van der Waals surface area contributed by atoms with Gasteiger partial charge in [-0.15, -0.1) is 0 Å². The Morgan fingerprint density at radius 3 is 2.79 bits per heavy atom. The van der Waals surface area contributed by atoms with Crippen LogP contribution < -0.4 is 14.8 Å². The molecule has 0 spiro atoms. The SMILES string of the molecule is C[C@H](CCc1ccccc1)NC(=O)/C=C/c1ccc2c(c1)OCO2. The van der Waals surface area contributed by atoms with Gasteiger partial charge in [0.1, 0.15) is 0 Å². The first-order chi connectivity index (χ1) is 11.7. The van der Waals surface area contributed by atoms with E-state index in [0.29, 0.717) is 5.75 Å². The fourth-order valence-electron chi connectivity index (χ4n) is 2.58. The predicted octanol–water partition coefficient (Wildman–Crippen LogP) is 3.57. The normalized spacial score (nSPS) is 13.9. The molecule has 4 nitrogen and oxygen atoms in total. The Bertz CT molecular complexity index is 725. The third kappa shape index (κ3) is 4.38. The van der Waals surface area contributed by atoms with E-state index in [1.54, 1.807) is 12.2 Å². The van der Waals surface area contributed by atoms with Crippen LogP contribution in [0.2, 0.25) is 0 Å². The Hall–Kier alpha value is -2.75. The number of ether oxygens (including phenoxy) is 2. The van der Waals surface area contributed by atoms with Gasteiger partial charge in [-0.2, -0.15) is 0 Å². The van der Waals surface area contributed by atoms with Crippen molar-refractivity contribution in [3.63, 3.8) is 0 Å². The molecule has 24 heavy (non-hydrogen) atoms. The van der Waals surface area contributed by atoms with Crippen molar-refractivity contribution in [3.05, 3.63) is 65.7 Å². The molecular formula is C20H21NO3. The zero-order valence-electron chi connectivity index (χ0n) is 13.7. The van der Waals surface area contributed by atoms with Crippen LogP contribution in [0, 0.1) is 0 Å². The molecule has 0 aliphatic carbocycles. The van der Waals surface area contributed by atoms with Crippen molar-refractivity contribution in [2.75, 3.05) is 6.79 Å². The zero-order chi connectivity index (χ0) is 16.8. The summed E-state index contributed by atoms with van der Waals surface area (Å²) in [6.45, 7) is 2.27. The van der Waals surface area contributed by atoms with Gasteiger partial charge in [0, 0.05) is 12.1 Å². The summed E-state index contributed by atoms with van der Waals surface area (Å²) in [5, 5.41) is 2.99. The van der Waals surface area contributed by atoms with Crippen molar-refractivity contribution in [2.45, 2.75) is 25.8 Å². The van der Waals surface area contributed by atoms with Gasteiger partial charge in [0.15, 0.2) is 11.5 Å². The van der Waals surface area contributed by atoms with E-state index in [0.717, 1.165) is 24.2 Å². The number of hydrogen-bond donors (Lipinski definition) is 1. The van der Waals surface area contributed by atoms with Gasteiger partial charge in [-0.3, -0.25) is 4.79 Å². The number of nitrogens with one attached hydrogen (secondary N) is 1. The fraction of sp³-hybridized carbons (Fsp3) is 0.250. The van der Waals surface area contributed by atoms with Crippen molar-refractivity contribution in [1.29, 1.82) is 0 Å².